The van der Waals surface area contributed by atoms with Crippen LogP contribution in [0.2, 0.25) is 0 Å². The molecule has 10 heteroatoms. The molecule has 1 aliphatic rings. The number of rotatable bonds is 7. The van der Waals surface area contributed by atoms with Crippen LogP contribution in [0.4, 0.5) is 17.3 Å². The maximum atomic E-state index is 12.8. The molecule has 9 nitrogen and oxygen atoms in total. The molecule has 0 spiro atoms. The predicted octanol–water partition coefficient (Wildman–Crippen LogP) is 4.90. The van der Waals surface area contributed by atoms with Crippen molar-refractivity contribution in [3.05, 3.63) is 72.9 Å². The van der Waals surface area contributed by atoms with Crippen LogP contribution in [0.25, 0.3) is 21.9 Å². The highest BCUT2D eigenvalue weighted by Crippen LogP contribution is 2.30. The van der Waals surface area contributed by atoms with Gasteiger partial charge in [-0.1, -0.05) is 0 Å². The molecular weight excluding hydrogens is 466 g/mol. The molecule has 0 atom stereocenters. The molecule has 0 bridgehead atoms. The predicted molar refractivity (Wildman–Crippen MR) is 133 cm³/mol. The number of hydrogen-bond acceptors (Lipinski definition) is 6. The second-order valence-corrected chi connectivity index (χ2v) is 10.0. The Labute approximate surface area is 200 Å². The highest BCUT2D eigenvalue weighted by atomic mass is 32.2. The lowest BCUT2D eigenvalue weighted by atomic mass is 10.2. The highest BCUT2D eigenvalue weighted by Gasteiger charge is 2.30. The number of carbonyl (C=O) groups excluding carboxylic acids is 1. The van der Waals surface area contributed by atoms with E-state index in [0.29, 0.717) is 17.0 Å². The number of aromatic nitrogens is 3. The maximum absolute atomic E-state index is 12.8. The monoisotopic (exact) mass is 487 g/mol. The number of benzene rings is 3. The van der Waals surface area contributed by atoms with E-state index in [0.717, 1.165) is 35.1 Å². The number of carbonyl (C=O) groups is 1. The molecule has 6 rings (SSSR count). The molecule has 0 aliphatic heterocycles. The summed E-state index contributed by atoms with van der Waals surface area (Å²) in [5.74, 6) is 0.449. The Morgan fingerprint density at radius 1 is 0.943 bits per heavy atom. The van der Waals surface area contributed by atoms with Crippen LogP contribution >= 0.6 is 0 Å². The molecule has 1 fully saturated rings. The number of H-pyrrole nitrogens is 2. The fourth-order valence-electron chi connectivity index (χ4n) is 3.84. The lowest BCUT2D eigenvalue weighted by Gasteiger charge is -2.09. The molecule has 3 aromatic carbocycles. The van der Waals surface area contributed by atoms with Gasteiger partial charge in [0.25, 0.3) is 0 Å². The minimum absolute atomic E-state index is 0.0312. The van der Waals surface area contributed by atoms with E-state index in [-0.39, 0.29) is 22.5 Å². The summed E-state index contributed by atoms with van der Waals surface area (Å²) in [6.07, 6.45) is 3.66. The van der Waals surface area contributed by atoms with Crippen LogP contribution in [-0.4, -0.2) is 29.3 Å². The summed E-state index contributed by atoms with van der Waals surface area (Å²) in [4.78, 5) is 22.5. The van der Waals surface area contributed by atoms with E-state index in [2.05, 4.69) is 25.6 Å². The summed E-state index contributed by atoms with van der Waals surface area (Å²) in [6, 6.07) is 19.0. The van der Waals surface area contributed by atoms with Crippen LogP contribution in [-0.2, 0) is 14.9 Å². The largest absolute Gasteiger partial charge is 0.379 e. The maximum Gasteiger partial charge on any atom is 0.339 e. The van der Waals surface area contributed by atoms with Crippen molar-refractivity contribution in [2.45, 2.75) is 17.7 Å². The Hall–Kier alpha value is -4.31. The van der Waals surface area contributed by atoms with Gasteiger partial charge in [0.2, 0.25) is 11.9 Å². The third-order valence-electron chi connectivity index (χ3n) is 5.84. The van der Waals surface area contributed by atoms with Crippen LogP contribution in [0, 0.1) is 5.92 Å². The Kier molecular flexibility index (Phi) is 4.96. The van der Waals surface area contributed by atoms with Gasteiger partial charge in [-0.3, -0.25) is 10.1 Å². The molecule has 0 unspecified atom stereocenters. The van der Waals surface area contributed by atoms with E-state index in [1.54, 1.807) is 18.2 Å². The second kappa shape index (κ2) is 8.17. The Morgan fingerprint density at radius 2 is 1.71 bits per heavy atom. The van der Waals surface area contributed by atoms with Crippen molar-refractivity contribution in [2.24, 2.45) is 5.92 Å². The molecule has 2 aromatic heterocycles. The topological polar surface area (TPSA) is 129 Å². The minimum Gasteiger partial charge on any atom is -0.379 e. The number of nitrogens with one attached hydrogen (secondary N) is 4. The number of hydrogen-bond donors (Lipinski definition) is 4. The number of anilines is 3. The Morgan fingerprint density at radius 3 is 2.51 bits per heavy atom. The zero-order chi connectivity index (χ0) is 24.0. The first-order valence-corrected chi connectivity index (χ1v) is 12.5. The van der Waals surface area contributed by atoms with Gasteiger partial charge in [-0.15, -0.1) is 0 Å². The van der Waals surface area contributed by atoms with Gasteiger partial charge in [-0.2, -0.15) is 8.42 Å². The van der Waals surface area contributed by atoms with Crippen molar-refractivity contribution in [3.63, 3.8) is 0 Å². The van der Waals surface area contributed by atoms with E-state index >= 15 is 0 Å². The molecule has 0 radical (unpaired) electrons. The molecule has 5 aromatic rings. The van der Waals surface area contributed by atoms with Crippen LogP contribution in [0.15, 0.2) is 77.8 Å². The average Bonchev–Trinajstić information content (AvgIpc) is 3.46. The van der Waals surface area contributed by atoms with Crippen molar-refractivity contribution in [1.29, 1.82) is 0 Å². The molecule has 176 valence electrons. The molecule has 35 heavy (non-hydrogen) atoms. The lowest BCUT2D eigenvalue weighted by Crippen LogP contribution is -2.14. The van der Waals surface area contributed by atoms with Crippen molar-refractivity contribution in [3.8, 4) is 5.75 Å². The van der Waals surface area contributed by atoms with Crippen LogP contribution in [0.3, 0.4) is 0 Å². The summed E-state index contributed by atoms with van der Waals surface area (Å²) in [5.41, 5.74) is 3.83. The van der Waals surface area contributed by atoms with Gasteiger partial charge >= 0.3 is 10.1 Å². The number of aromatic amines is 2. The third-order valence-corrected chi connectivity index (χ3v) is 7.10. The first-order chi connectivity index (χ1) is 16.9. The van der Waals surface area contributed by atoms with Gasteiger partial charge in [0.1, 0.15) is 10.6 Å². The van der Waals surface area contributed by atoms with Crippen molar-refractivity contribution >= 4 is 55.3 Å². The number of amides is 1. The highest BCUT2D eigenvalue weighted by molar-refractivity contribution is 7.87. The fraction of sp³-hybridized carbons (Fsp3) is 0.120. The number of nitrogens with zero attached hydrogens (tertiary/aromatic N) is 1. The lowest BCUT2D eigenvalue weighted by molar-refractivity contribution is -0.117. The average molecular weight is 488 g/mol. The first-order valence-electron chi connectivity index (χ1n) is 11.1. The smallest absolute Gasteiger partial charge is 0.339 e. The summed E-state index contributed by atoms with van der Waals surface area (Å²) >= 11 is 0. The fourth-order valence-corrected chi connectivity index (χ4v) is 4.76. The molecule has 1 saturated carbocycles. The van der Waals surface area contributed by atoms with Crippen LogP contribution in [0.5, 0.6) is 5.75 Å². The van der Waals surface area contributed by atoms with E-state index in [9.17, 15) is 13.2 Å². The van der Waals surface area contributed by atoms with Crippen LogP contribution in [0.1, 0.15) is 12.8 Å². The third kappa shape index (κ3) is 4.43. The van der Waals surface area contributed by atoms with Gasteiger partial charge in [-0.05, 0) is 73.5 Å². The van der Waals surface area contributed by atoms with Gasteiger partial charge in [0, 0.05) is 40.5 Å². The van der Waals surface area contributed by atoms with E-state index in [1.165, 1.54) is 24.3 Å². The molecule has 2 heterocycles. The number of fused-ring (bicyclic) bond motifs is 2. The standard InChI is InChI=1S/C25H21N5O4S/c31-24(15-1-2-15)30-25-28-22-10-6-19(14-23(22)29-25)34-35(32,33)20-7-3-17(4-8-20)27-18-5-9-21-16(13-18)11-12-26-21/h3-15,26-27H,1-2H2,(H2,28,29,30,31). The molecule has 4 N–H and O–H groups in total. The van der Waals surface area contributed by atoms with Crippen molar-refractivity contribution in [2.75, 3.05) is 10.6 Å². The van der Waals surface area contributed by atoms with E-state index in [4.69, 9.17) is 4.18 Å². The van der Waals surface area contributed by atoms with E-state index < -0.39 is 10.1 Å². The zero-order valence-electron chi connectivity index (χ0n) is 18.4. The van der Waals surface area contributed by atoms with Gasteiger partial charge < -0.3 is 19.5 Å². The molecule has 0 saturated heterocycles. The molecular formula is C25H21N5O4S. The zero-order valence-corrected chi connectivity index (χ0v) is 19.2. The van der Waals surface area contributed by atoms with Crippen molar-refractivity contribution < 1.29 is 17.4 Å². The Balaban J connectivity index is 1.16. The summed E-state index contributed by atoms with van der Waals surface area (Å²) < 4.78 is 31.0. The van der Waals surface area contributed by atoms with Gasteiger partial charge in [0.05, 0.1) is 11.0 Å². The van der Waals surface area contributed by atoms with E-state index in [1.807, 2.05) is 30.5 Å². The summed E-state index contributed by atoms with van der Waals surface area (Å²) in [6.45, 7) is 0. The summed E-state index contributed by atoms with van der Waals surface area (Å²) in [7, 11) is -4.05. The quantitative estimate of drug-likeness (QED) is 0.242. The van der Waals surface area contributed by atoms with Crippen molar-refractivity contribution in [1.82, 2.24) is 15.0 Å². The SMILES string of the molecule is O=C(Nc1nc2cc(OS(=O)(=O)c3ccc(Nc4ccc5[nH]ccc5c4)cc3)ccc2[nH]1)C1CC1. The Bertz CT molecular complexity index is 1670. The van der Waals surface area contributed by atoms with Gasteiger partial charge in [0.15, 0.2) is 0 Å². The molecule has 1 aliphatic carbocycles. The minimum atomic E-state index is -4.05. The summed E-state index contributed by atoms with van der Waals surface area (Å²) in [5, 5.41) is 7.09. The second-order valence-electron chi connectivity index (χ2n) is 8.49. The molecule has 1 amide bonds. The number of imidazole rings is 1. The first kappa shape index (κ1) is 21.2. The van der Waals surface area contributed by atoms with Gasteiger partial charge in [-0.25, -0.2) is 4.98 Å². The van der Waals surface area contributed by atoms with Crippen LogP contribution < -0.4 is 14.8 Å². The normalized spacial score (nSPS) is 13.7.